The van der Waals surface area contributed by atoms with Gasteiger partial charge in [0.05, 0.1) is 0 Å². The van der Waals surface area contributed by atoms with Crippen LogP contribution >= 0.6 is 11.8 Å². The third-order valence-electron chi connectivity index (χ3n) is 2.28. The number of rotatable bonds is 6. The smallest absolute Gasteiger partial charge is 0.190 e. The molecule has 0 aliphatic carbocycles. The lowest BCUT2D eigenvalue weighted by molar-refractivity contribution is -0.118. The van der Waals surface area contributed by atoms with Crippen molar-refractivity contribution in [3.63, 3.8) is 0 Å². The second kappa shape index (κ2) is 5.90. The average Bonchev–Trinajstić information content (AvgIpc) is 2.55. The van der Waals surface area contributed by atoms with Crippen LogP contribution in [0.4, 0.5) is 0 Å². The minimum absolute atomic E-state index is 0.338. The Kier molecular flexibility index (Phi) is 4.81. The predicted octanol–water partition coefficient (Wildman–Crippen LogP) is 1.97. The zero-order valence-corrected chi connectivity index (χ0v) is 10.3. The first kappa shape index (κ1) is 12.2. The van der Waals surface area contributed by atoms with E-state index >= 15 is 0 Å². The van der Waals surface area contributed by atoms with E-state index in [1.807, 2.05) is 25.5 Å². The third-order valence-corrected chi connectivity index (χ3v) is 3.38. The number of carbonyl (C=O) groups excluding carboxylic acids is 1. The molecule has 0 spiro atoms. The Bertz CT molecular complexity index is 335. The normalized spacial score (nSPS) is 10.6. The van der Waals surface area contributed by atoms with Crippen LogP contribution in [0.3, 0.4) is 0 Å². The van der Waals surface area contributed by atoms with Gasteiger partial charge in [-0.2, -0.15) is 0 Å². The summed E-state index contributed by atoms with van der Waals surface area (Å²) in [6.45, 7) is 3.83. The van der Waals surface area contributed by atoms with Gasteiger partial charge in [0.1, 0.15) is 11.6 Å². The molecule has 0 N–H and O–H groups in total. The number of nitrogens with zero attached hydrogens (tertiary/aromatic N) is 3. The predicted molar refractivity (Wildman–Crippen MR) is 61.0 cm³/mol. The number of Topliss-reactive ketones (excluding diaryl/α,β-unsaturated/α-hetero) is 1. The van der Waals surface area contributed by atoms with Gasteiger partial charge in [0, 0.05) is 25.6 Å². The average molecular weight is 227 g/mol. The van der Waals surface area contributed by atoms with Crippen molar-refractivity contribution in [3.05, 3.63) is 5.82 Å². The third kappa shape index (κ3) is 3.66. The first-order valence-corrected chi connectivity index (χ1v) is 6.14. The van der Waals surface area contributed by atoms with E-state index in [0.29, 0.717) is 18.6 Å². The van der Waals surface area contributed by atoms with Crippen molar-refractivity contribution >= 4 is 17.5 Å². The molecule has 0 unspecified atom stereocenters. The molecule has 1 rings (SSSR count). The van der Waals surface area contributed by atoms with Crippen molar-refractivity contribution in [1.29, 1.82) is 0 Å². The van der Waals surface area contributed by atoms with Gasteiger partial charge < -0.3 is 4.57 Å². The highest BCUT2D eigenvalue weighted by Crippen LogP contribution is 2.16. The molecule has 0 amide bonds. The van der Waals surface area contributed by atoms with Gasteiger partial charge in [-0.25, -0.2) is 0 Å². The van der Waals surface area contributed by atoms with Crippen LogP contribution in [-0.4, -0.2) is 26.3 Å². The highest BCUT2D eigenvalue weighted by molar-refractivity contribution is 7.99. The number of hydrogen-bond acceptors (Lipinski definition) is 4. The zero-order valence-electron chi connectivity index (χ0n) is 9.49. The van der Waals surface area contributed by atoms with Gasteiger partial charge >= 0.3 is 0 Å². The summed E-state index contributed by atoms with van der Waals surface area (Å²) in [5.41, 5.74) is 0. The molecule has 1 aromatic heterocycles. The van der Waals surface area contributed by atoms with E-state index in [4.69, 9.17) is 0 Å². The number of aryl methyl sites for hydroxylation is 1. The minimum atomic E-state index is 0.338. The Hall–Kier alpha value is -0.840. The molecular formula is C10H17N3OS. The monoisotopic (exact) mass is 227 g/mol. The second-order valence-corrected chi connectivity index (χ2v) is 4.50. The van der Waals surface area contributed by atoms with Crippen LogP contribution in [0.2, 0.25) is 0 Å². The molecular weight excluding hydrogens is 210 g/mol. The summed E-state index contributed by atoms with van der Waals surface area (Å²) < 4.78 is 1.96. The Morgan fingerprint density at radius 2 is 2.20 bits per heavy atom. The van der Waals surface area contributed by atoms with Crippen LogP contribution in [0.5, 0.6) is 0 Å². The number of thioether (sulfide) groups is 1. The van der Waals surface area contributed by atoms with E-state index in [0.717, 1.165) is 23.2 Å². The lowest BCUT2D eigenvalue weighted by Crippen LogP contribution is -1.97. The fourth-order valence-corrected chi connectivity index (χ4v) is 2.02. The fourth-order valence-electron chi connectivity index (χ4n) is 1.12. The quantitative estimate of drug-likeness (QED) is 0.550. The van der Waals surface area contributed by atoms with Crippen LogP contribution < -0.4 is 0 Å². The summed E-state index contributed by atoms with van der Waals surface area (Å²) in [4.78, 5) is 11.1. The maximum absolute atomic E-state index is 11.1. The van der Waals surface area contributed by atoms with Crippen LogP contribution in [-0.2, 0) is 11.8 Å². The maximum atomic E-state index is 11.1. The fraction of sp³-hybridized carbons (Fsp3) is 0.700. The molecule has 84 valence electrons. The van der Waals surface area contributed by atoms with Gasteiger partial charge in [-0.3, -0.25) is 4.79 Å². The van der Waals surface area contributed by atoms with E-state index in [1.54, 1.807) is 11.8 Å². The SMILES string of the molecule is CCC(=O)CCCSc1nnc(C)n1C. The summed E-state index contributed by atoms with van der Waals surface area (Å²) >= 11 is 1.66. The molecule has 0 aliphatic rings. The first-order valence-electron chi connectivity index (χ1n) is 5.15. The molecule has 1 aromatic rings. The molecule has 0 aromatic carbocycles. The standard InChI is InChI=1S/C10H17N3OS/c1-4-9(14)6-5-7-15-10-12-11-8(2)13(10)3/h4-7H2,1-3H3. The Morgan fingerprint density at radius 3 is 2.73 bits per heavy atom. The zero-order chi connectivity index (χ0) is 11.3. The lowest BCUT2D eigenvalue weighted by atomic mass is 10.2. The number of carbonyl (C=O) groups is 1. The van der Waals surface area contributed by atoms with E-state index in [2.05, 4.69) is 10.2 Å². The van der Waals surface area contributed by atoms with Crippen molar-refractivity contribution < 1.29 is 4.79 Å². The van der Waals surface area contributed by atoms with Gasteiger partial charge in [0.15, 0.2) is 5.16 Å². The van der Waals surface area contributed by atoms with Gasteiger partial charge in [0.2, 0.25) is 0 Å². The number of ketones is 1. The molecule has 1 heterocycles. The van der Waals surface area contributed by atoms with Crippen LogP contribution in [0, 0.1) is 6.92 Å². The summed E-state index contributed by atoms with van der Waals surface area (Å²) in [5.74, 6) is 2.18. The summed E-state index contributed by atoms with van der Waals surface area (Å²) in [5, 5.41) is 8.94. The summed E-state index contributed by atoms with van der Waals surface area (Å²) in [6.07, 6.45) is 2.25. The Balaban J connectivity index is 2.26. The lowest BCUT2D eigenvalue weighted by Gasteiger charge is -2.00. The minimum Gasteiger partial charge on any atom is -0.309 e. The van der Waals surface area contributed by atoms with Crippen molar-refractivity contribution in [1.82, 2.24) is 14.8 Å². The van der Waals surface area contributed by atoms with Crippen molar-refractivity contribution in [2.45, 2.75) is 38.3 Å². The molecule has 0 atom stereocenters. The van der Waals surface area contributed by atoms with Crippen molar-refractivity contribution in [3.8, 4) is 0 Å². The molecule has 0 bridgehead atoms. The molecule has 0 aliphatic heterocycles. The highest BCUT2D eigenvalue weighted by atomic mass is 32.2. The van der Waals surface area contributed by atoms with Crippen LogP contribution in [0.1, 0.15) is 32.0 Å². The molecule has 0 radical (unpaired) electrons. The molecule has 0 saturated heterocycles. The van der Waals surface area contributed by atoms with Crippen LogP contribution in [0.15, 0.2) is 5.16 Å². The highest BCUT2D eigenvalue weighted by Gasteiger charge is 2.05. The van der Waals surface area contributed by atoms with Gasteiger partial charge in [-0.05, 0) is 13.3 Å². The van der Waals surface area contributed by atoms with Crippen LogP contribution in [0.25, 0.3) is 0 Å². The molecule has 0 saturated carbocycles. The summed E-state index contributed by atoms with van der Waals surface area (Å²) in [6, 6.07) is 0. The molecule has 4 nitrogen and oxygen atoms in total. The van der Waals surface area contributed by atoms with Crippen molar-refractivity contribution in [2.75, 3.05) is 5.75 Å². The molecule has 15 heavy (non-hydrogen) atoms. The van der Waals surface area contributed by atoms with Crippen molar-refractivity contribution in [2.24, 2.45) is 7.05 Å². The van der Waals surface area contributed by atoms with Gasteiger partial charge in [-0.15, -0.1) is 10.2 Å². The second-order valence-electron chi connectivity index (χ2n) is 3.43. The summed E-state index contributed by atoms with van der Waals surface area (Å²) in [7, 11) is 1.95. The van der Waals surface area contributed by atoms with E-state index in [1.165, 1.54) is 0 Å². The largest absolute Gasteiger partial charge is 0.309 e. The first-order chi connectivity index (χ1) is 7.15. The number of aromatic nitrogens is 3. The van der Waals surface area contributed by atoms with E-state index in [-0.39, 0.29) is 0 Å². The van der Waals surface area contributed by atoms with E-state index in [9.17, 15) is 4.79 Å². The van der Waals surface area contributed by atoms with Gasteiger partial charge in [0.25, 0.3) is 0 Å². The Labute approximate surface area is 94.5 Å². The Morgan fingerprint density at radius 1 is 1.47 bits per heavy atom. The maximum Gasteiger partial charge on any atom is 0.190 e. The van der Waals surface area contributed by atoms with E-state index < -0.39 is 0 Å². The molecule has 5 heteroatoms. The molecule has 0 fully saturated rings. The topological polar surface area (TPSA) is 47.8 Å². The van der Waals surface area contributed by atoms with Gasteiger partial charge in [-0.1, -0.05) is 18.7 Å². The number of hydrogen-bond donors (Lipinski definition) is 0.